The molecule has 1 aliphatic rings. The van der Waals surface area contributed by atoms with E-state index in [-0.39, 0.29) is 6.09 Å². The summed E-state index contributed by atoms with van der Waals surface area (Å²) in [7, 11) is 0. The van der Waals surface area contributed by atoms with E-state index in [0.717, 1.165) is 29.3 Å². The fourth-order valence-electron chi connectivity index (χ4n) is 3.22. The quantitative estimate of drug-likeness (QED) is 0.551. The van der Waals surface area contributed by atoms with Gasteiger partial charge in [0.25, 0.3) is 0 Å². The maximum absolute atomic E-state index is 12.2. The van der Waals surface area contributed by atoms with Crippen molar-refractivity contribution in [1.82, 2.24) is 9.88 Å². The second-order valence-corrected chi connectivity index (χ2v) is 10.4. The van der Waals surface area contributed by atoms with Crippen LogP contribution >= 0.6 is 23.1 Å². The molecule has 2 heterocycles. The van der Waals surface area contributed by atoms with Gasteiger partial charge < -0.3 is 14.4 Å². The first kappa shape index (κ1) is 22.0. The Bertz CT molecular complexity index is 820. The van der Waals surface area contributed by atoms with Gasteiger partial charge in [-0.3, -0.25) is 0 Å². The average molecular weight is 435 g/mol. The minimum absolute atomic E-state index is 0.215. The van der Waals surface area contributed by atoms with Crippen molar-refractivity contribution in [1.29, 1.82) is 0 Å². The largest absolute Gasteiger partial charge is 0.487 e. The summed E-state index contributed by atoms with van der Waals surface area (Å²) in [6.45, 7) is 9.71. The third kappa shape index (κ3) is 6.12. The molecule has 158 valence electrons. The third-order valence-electron chi connectivity index (χ3n) is 4.84. The number of thiazole rings is 1. The van der Waals surface area contributed by atoms with Crippen molar-refractivity contribution >= 4 is 29.2 Å². The van der Waals surface area contributed by atoms with Crippen LogP contribution < -0.4 is 4.74 Å². The molecule has 0 atom stereocenters. The molecular weight excluding hydrogens is 404 g/mol. The first-order valence-electron chi connectivity index (χ1n) is 9.96. The van der Waals surface area contributed by atoms with E-state index in [0.29, 0.717) is 25.6 Å². The lowest BCUT2D eigenvalue weighted by Crippen LogP contribution is -2.41. The van der Waals surface area contributed by atoms with Gasteiger partial charge in [-0.05, 0) is 71.1 Å². The Hall–Kier alpha value is -1.73. The van der Waals surface area contributed by atoms with Crippen molar-refractivity contribution in [2.24, 2.45) is 0 Å². The highest BCUT2D eigenvalue weighted by Crippen LogP contribution is 2.33. The van der Waals surface area contributed by atoms with Crippen molar-refractivity contribution in [3.05, 3.63) is 39.8 Å². The van der Waals surface area contributed by atoms with Gasteiger partial charge in [0.2, 0.25) is 0 Å². The molecule has 0 N–H and O–H groups in total. The lowest BCUT2D eigenvalue weighted by molar-refractivity contribution is 0.0205. The van der Waals surface area contributed by atoms with Gasteiger partial charge in [-0.1, -0.05) is 0 Å². The zero-order valence-electron chi connectivity index (χ0n) is 17.9. The van der Waals surface area contributed by atoms with Crippen LogP contribution in [0.3, 0.4) is 0 Å². The van der Waals surface area contributed by atoms with E-state index < -0.39 is 5.60 Å². The second-order valence-electron chi connectivity index (χ2n) is 8.26. The minimum Gasteiger partial charge on any atom is -0.487 e. The van der Waals surface area contributed by atoms with Gasteiger partial charge in [0.05, 0.1) is 10.7 Å². The number of aryl methyl sites for hydroxylation is 1. The van der Waals surface area contributed by atoms with Crippen molar-refractivity contribution < 1.29 is 14.3 Å². The SMILES string of the molecule is CSc1ccc(OCc2nc(C3CCN(C(=O)OC(C)(C)C)CC3)sc2C)cc1. The number of carbonyl (C=O) groups is 1. The molecule has 0 aliphatic carbocycles. The molecule has 1 aromatic carbocycles. The number of piperidine rings is 1. The number of ether oxygens (including phenoxy) is 2. The third-order valence-corrected chi connectivity index (χ3v) is 6.76. The number of amides is 1. The second kappa shape index (κ2) is 9.39. The molecule has 29 heavy (non-hydrogen) atoms. The first-order valence-corrected chi connectivity index (χ1v) is 12.0. The fraction of sp³-hybridized carbons (Fsp3) is 0.545. The molecule has 0 spiro atoms. The summed E-state index contributed by atoms with van der Waals surface area (Å²) >= 11 is 3.47. The standard InChI is InChI=1S/C22H30N2O3S2/c1-15-19(14-26-17-6-8-18(28-5)9-7-17)23-20(29-15)16-10-12-24(13-11-16)21(25)27-22(2,3)4/h6-9,16H,10-14H2,1-5H3. The van der Waals surface area contributed by atoms with E-state index in [4.69, 9.17) is 14.5 Å². The molecule has 1 aliphatic heterocycles. The van der Waals surface area contributed by atoms with Crippen LogP contribution in [0, 0.1) is 6.92 Å². The Morgan fingerprint density at radius 3 is 2.48 bits per heavy atom. The summed E-state index contributed by atoms with van der Waals surface area (Å²) in [5.41, 5.74) is 0.554. The molecule has 0 bridgehead atoms. The highest BCUT2D eigenvalue weighted by atomic mass is 32.2. The van der Waals surface area contributed by atoms with Crippen LogP contribution in [0.4, 0.5) is 4.79 Å². The Labute approximate surface area is 181 Å². The highest BCUT2D eigenvalue weighted by molar-refractivity contribution is 7.98. The summed E-state index contributed by atoms with van der Waals surface area (Å²) in [5, 5.41) is 1.16. The number of likely N-dealkylation sites (tertiary alicyclic amines) is 1. The zero-order valence-corrected chi connectivity index (χ0v) is 19.5. The first-order chi connectivity index (χ1) is 13.7. The fourth-order valence-corrected chi connectivity index (χ4v) is 4.72. The van der Waals surface area contributed by atoms with Crippen LogP contribution in [-0.2, 0) is 11.3 Å². The normalized spacial score (nSPS) is 15.4. The monoisotopic (exact) mass is 434 g/mol. The van der Waals surface area contributed by atoms with Gasteiger partial charge in [0.1, 0.15) is 18.0 Å². The Kier molecular flexibility index (Phi) is 7.11. The molecule has 5 nitrogen and oxygen atoms in total. The van der Waals surface area contributed by atoms with Crippen LogP contribution in [0.15, 0.2) is 29.2 Å². The predicted octanol–water partition coefficient (Wildman–Crippen LogP) is 5.87. The van der Waals surface area contributed by atoms with Crippen molar-refractivity contribution in [2.75, 3.05) is 19.3 Å². The number of benzene rings is 1. The average Bonchev–Trinajstić information content (AvgIpc) is 3.06. The molecule has 1 amide bonds. The maximum Gasteiger partial charge on any atom is 0.410 e. The van der Waals surface area contributed by atoms with E-state index >= 15 is 0 Å². The minimum atomic E-state index is -0.453. The van der Waals surface area contributed by atoms with E-state index in [9.17, 15) is 4.79 Å². The number of hydrogen-bond donors (Lipinski definition) is 0. The Morgan fingerprint density at radius 2 is 1.90 bits per heavy atom. The van der Waals surface area contributed by atoms with E-state index in [1.165, 1.54) is 9.77 Å². The van der Waals surface area contributed by atoms with Gasteiger partial charge in [0.15, 0.2) is 0 Å². The molecular formula is C22H30N2O3S2. The van der Waals surface area contributed by atoms with Gasteiger partial charge in [-0.15, -0.1) is 23.1 Å². The molecule has 3 rings (SSSR count). The lowest BCUT2D eigenvalue weighted by Gasteiger charge is -2.32. The topological polar surface area (TPSA) is 51.7 Å². The van der Waals surface area contributed by atoms with Crippen LogP contribution in [0.2, 0.25) is 0 Å². The van der Waals surface area contributed by atoms with Crippen LogP contribution in [0.1, 0.15) is 55.1 Å². The van der Waals surface area contributed by atoms with Gasteiger partial charge >= 0.3 is 6.09 Å². The van der Waals surface area contributed by atoms with Gasteiger partial charge in [0, 0.05) is 28.8 Å². The van der Waals surface area contributed by atoms with Gasteiger partial charge in [-0.2, -0.15) is 0 Å². The summed E-state index contributed by atoms with van der Waals surface area (Å²) in [4.78, 5) is 21.4. The molecule has 7 heteroatoms. The summed E-state index contributed by atoms with van der Waals surface area (Å²) in [5.74, 6) is 1.26. The molecule has 0 unspecified atom stereocenters. The number of aromatic nitrogens is 1. The molecule has 1 fully saturated rings. The lowest BCUT2D eigenvalue weighted by atomic mass is 9.98. The Balaban J connectivity index is 1.54. The number of thioether (sulfide) groups is 1. The van der Waals surface area contributed by atoms with Crippen molar-refractivity contribution in [3.8, 4) is 5.75 Å². The van der Waals surface area contributed by atoms with Gasteiger partial charge in [-0.25, -0.2) is 9.78 Å². The number of nitrogens with zero attached hydrogens (tertiary/aromatic N) is 2. The van der Waals surface area contributed by atoms with E-state index in [2.05, 4.69) is 25.3 Å². The summed E-state index contributed by atoms with van der Waals surface area (Å²) < 4.78 is 11.4. The number of rotatable bonds is 5. The van der Waals surface area contributed by atoms with Crippen molar-refractivity contribution in [2.45, 2.75) is 63.6 Å². The van der Waals surface area contributed by atoms with Crippen LogP contribution in [0.5, 0.6) is 5.75 Å². The maximum atomic E-state index is 12.2. The van der Waals surface area contributed by atoms with E-state index in [1.54, 1.807) is 23.1 Å². The number of carbonyl (C=O) groups excluding carboxylic acids is 1. The highest BCUT2D eigenvalue weighted by Gasteiger charge is 2.29. The van der Waals surface area contributed by atoms with Crippen LogP contribution in [-0.4, -0.2) is 40.9 Å². The van der Waals surface area contributed by atoms with E-state index in [1.807, 2.05) is 37.8 Å². The molecule has 1 saturated heterocycles. The number of hydrogen-bond acceptors (Lipinski definition) is 6. The smallest absolute Gasteiger partial charge is 0.410 e. The Morgan fingerprint density at radius 1 is 1.24 bits per heavy atom. The zero-order chi connectivity index (χ0) is 21.0. The summed E-state index contributed by atoms with van der Waals surface area (Å²) in [6.07, 6.45) is 3.69. The molecule has 1 aromatic heterocycles. The predicted molar refractivity (Wildman–Crippen MR) is 119 cm³/mol. The molecule has 0 radical (unpaired) electrons. The van der Waals surface area contributed by atoms with Crippen molar-refractivity contribution in [3.63, 3.8) is 0 Å². The summed E-state index contributed by atoms with van der Waals surface area (Å²) in [6, 6.07) is 8.14. The molecule has 2 aromatic rings. The molecule has 0 saturated carbocycles. The van der Waals surface area contributed by atoms with Crippen LogP contribution in [0.25, 0.3) is 0 Å².